The fourth-order valence-electron chi connectivity index (χ4n) is 1.80. The average molecular weight is 335 g/mol. The number of H-pyrrole nitrogens is 1. The van der Waals surface area contributed by atoms with E-state index in [0.717, 1.165) is 0 Å². The number of aromatic amines is 1. The molecule has 1 aromatic heterocycles. The molecule has 0 saturated carbocycles. The van der Waals surface area contributed by atoms with Gasteiger partial charge in [0.25, 0.3) is 5.91 Å². The Kier molecular flexibility index (Phi) is 5.18. The van der Waals surface area contributed by atoms with Crippen molar-refractivity contribution >= 4 is 34.9 Å². The van der Waals surface area contributed by atoms with E-state index in [0.29, 0.717) is 16.3 Å². The van der Waals surface area contributed by atoms with Gasteiger partial charge in [-0.15, -0.1) is 0 Å². The summed E-state index contributed by atoms with van der Waals surface area (Å²) >= 11 is 5.83. The second-order valence-corrected chi connectivity index (χ2v) is 5.34. The number of carbonyl (C=O) groups is 3. The second-order valence-electron chi connectivity index (χ2n) is 4.91. The van der Waals surface area contributed by atoms with Gasteiger partial charge in [-0.2, -0.15) is 0 Å². The van der Waals surface area contributed by atoms with Crippen molar-refractivity contribution in [2.75, 3.05) is 5.32 Å². The highest BCUT2D eigenvalue weighted by atomic mass is 35.5. The average Bonchev–Trinajstić information content (AvgIpc) is 2.97. The molecule has 1 amide bonds. The first kappa shape index (κ1) is 16.8. The molecular formula is C16H15ClN2O4. The highest BCUT2D eigenvalue weighted by Crippen LogP contribution is 2.15. The van der Waals surface area contributed by atoms with Gasteiger partial charge in [-0.25, -0.2) is 4.79 Å². The lowest BCUT2D eigenvalue weighted by Crippen LogP contribution is -2.30. The van der Waals surface area contributed by atoms with Crippen LogP contribution in [0.25, 0.3) is 0 Å². The van der Waals surface area contributed by atoms with Gasteiger partial charge in [0, 0.05) is 22.5 Å². The molecule has 0 radical (unpaired) electrons. The van der Waals surface area contributed by atoms with Gasteiger partial charge >= 0.3 is 5.97 Å². The largest absolute Gasteiger partial charge is 0.448 e. The predicted octanol–water partition coefficient (Wildman–Crippen LogP) is 3.05. The Morgan fingerprint density at radius 1 is 1.26 bits per heavy atom. The molecule has 1 aromatic carbocycles. The summed E-state index contributed by atoms with van der Waals surface area (Å²) in [6.45, 7) is 2.84. The number of ether oxygens (including phenoxy) is 1. The van der Waals surface area contributed by atoms with Crippen LogP contribution in [0.15, 0.2) is 36.5 Å². The third-order valence-electron chi connectivity index (χ3n) is 3.05. The number of Topliss-reactive ketones (excluding diaryl/α,β-unsaturated/α-hetero) is 1. The summed E-state index contributed by atoms with van der Waals surface area (Å²) in [6.07, 6.45) is 0.404. The Balaban J connectivity index is 1.97. The molecule has 0 aliphatic heterocycles. The normalized spacial score (nSPS) is 11.6. The van der Waals surface area contributed by atoms with E-state index in [4.69, 9.17) is 16.3 Å². The summed E-state index contributed by atoms with van der Waals surface area (Å²) in [5.74, 6) is -1.38. The predicted molar refractivity (Wildman–Crippen MR) is 85.8 cm³/mol. The smallest absolute Gasteiger partial charge is 0.355 e. The summed E-state index contributed by atoms with van der Waals surface area (Å²) in [7, 11) is 0. The molecule has 0 bridgehead atoms. The standard InChI is InChI=1S/C16H15ClN2O4/c1-9(20)11-6-14(18-8-11)16(22)23-10(2)15(21)19-13-5-3-4-12(17)7-13/h3-8,10,18H,1-2H3,(H,19,21)/t10-/m0/s1. The lowest BCUT2D eigenvalue weighted by atomic mass is 10.2. The number of amides is 1. The molecule has 6 nitrogen and oxygen atoms in total. The van der Waals surface area contributed by atoms with Crippen LogP contribution in [0.1, 0.15) is 34.7 Å². The topological polar surface area (TPSA) is 88.3 Å². The molecule has 0 unspecified atom stereocenters. The van der Waals surface area contributed by atoms with Crippen LogP contribution < -0.4 is 5.32 Å². The number of anilines is 1. The maximum absolute atomic E-state index is 12.0. The third kappa shape index (κ3) is 4.43. The molecule has 0 aliphatic carbocycles. The molecular weight excluding hydrogens is 320 g/mol. The third-order valence-corrected chi connectivity index (χ3v) is 3.29. The summed E-state index contributed by atoms with van der Waals surface area (Å²) in [5.41, 5.74) is 0.981. The lowest BCUT2D eigenvalue weighted by Gasteiger charge is -2.13. The molecule has 1 atom stereocenters. The Morgan fingerprint density at radius 3 is 2.61 bits per heavy atom. The zero-order chi connectivity index (χ0) is 17.0. The van der Waals surface area contributed by atoms with Gasteiger partial charge in [-0.05, 0) is 38.1 Å². The minimum atomic E-state index is -1.01. The number of hydrogen-bond donors (Lipinski definition) is 2. The van der Waals surface area contributed by atoms with E-state index in [2.05, 4.69) is 10.3 Å². The van der Waals surface area contributed by atoms with E-state index in [9.17, 15) is 14.4 Å². The number of rotatable bonds is 5. The van der Waals surface area contributed by atoms with Crippen molar-refractivity contribution < 1.29 is 19.1 Å². The molecule has 2 aromatic rings. The fraction of sp³-hybridized carbons (Fsp3) is 0.188. The summed E-state index contributed by atoms with van der Waals surface area (Å²) in [5, 5.41) is 3.08. The molecule has 23 heavy (non-hydrogen) atoms. The number of halogens is 1. The van der Waals surface area contributed by atoms with Gasteiger partial charge in [0.2, 0.25) is 0 Å². The molecule has 0 saturated heterocycles. The van der Waals surface area contributed by atoms with Crippen molar-refractivity contribution in [3.05, 3.63) is 52.8 Å². The van der Waals surface area contributed by atoms with Crippen molar-refractivity contribution in [3.63, 3.8) is 0 Å². The molecule has 1 heterocycles. The Morgan fingerprint density at radius 2 is 2.00 bits per heavy atom. The van der Waals surface area contributed by atoms with E-state index >= 15 is 0 Å². The van der Waals surface area contributed by atoms with Crippen molar-refractivity contribution in [3.8, 4) is 0 Å². The number of aromatic nitrogens is 1. The van der Waals surface area contributed by atoms with Crippen molar-refractivity contribution in [2.45, 2.75) is 20.0 Å². The number of ketones is 1. The molecule has 0 spiro atoms. The number of carbonyl (C=O) groups excluding carboxylic acids is 3. The Labute approximate surface area is 137 Å². The SMILES string of the molecule is CC(=O)c1c[nH]c(C(=O)O[C@@H](C)C(=O)Nc2cccc(Cl)c2)c1. The van der Waals surface area contributed by atoms with Crippen molar-refractivity contribution in [1.82, 2.24) is 4.98 Å². The first-order valence-electron chi connectivity index (χ1n) is 6.83. The number of hydrogen-bond acceptors (Lipinski definition) is 4. The Bertz CT molecular complexity index is 754. The van der Waals surface area contributed by atoms with Gasteiger partial charge in [0.1, 0.15) is 5.69 Å². The van der Waals surface area contributed by atoms with Gasteiger partial charge in [-0.1, -0.05) is 17.7 Å². The fourth-order valence-corrected chi connectivity index (χ4v) is 1.99. The molecule has 2 N–H and O–H groups in total. The quantitative estimate of drug-likeness (QED) is 0.649. The minimum Gasteiger partial charge on any atom is -0.448 e. The van der Waals surface area contributed by atoms with E-state index in [-0.39, 0.29) is 11.5 Å². The Hall–Kier alpha value is -2.60. The number of nitrogens with one attached hydrogen (secondary N) is 2. The highest BCUT2D eigenvalue weighted by Gasteiger charge is 2.20. The number of esters is 1. The van der Waals surface area contributed by atoms with E-state index in [1.54, 1.807) is 24.3 Å². The highest BCUT2D eigenvalue weighted by molar-refractivity contribution is 6.30. The zero-order valence-corrected chi connectivity index (χ0v) is 13.3. The van der Waals surface area contributed by atoms with E-state index in [1.807, 2.05) is 0 Å². The minimum absolute atomic E-state index is 0.109. The van der Waals surface area contributed by atoms with E-state index < -0.39 is 18.0 Å². The maximum atomic E-state index is 12.0. The first-order valence-corrected chi connectivity index (χ1v) is 7.21. The van der Waals surface area contributed by atoms with Gasteiger partial charge in [-0.3, -0.25) is 9.59 Å². The van der Waals surface area contributed by atoms with Crippen molar-refractivity contribution in [1.29, 1.82) is 0 Å². The van der Waals surface area contributed by atoms with E-state index in [1.165, 1.54) is 26.1 Å². The summed E-state index contributed by atoms with van der Waals surface area (Å²) in [4.78, 5) is 37.8. The van der Waals surface area contributed by atoms with Gasteiger partial charge in [0.05, 0.1) is 0 Å². The zero-order valence-electron chi connectivity index (χ0n) is 12.6. The second kappa shape index (κ2) is 7.11. The summed E-state index contributed by atoms with van der Waals surface area (Å²) < 4.78 is 5.07. The van der Waals surface area contributed by atoms with Gasteiger partial charge < -0.3 is 15.0 Å². The van der Waals surface area contributed by atoms with Crippen LogP contribution in [0, 0.1) is 0 Å². The molecule has 120 valence electrons. The molecule has 0 aliphatic rings. The van der Waals surface area contributed by atoms with Crippen LogP contribution in [0.2, 0.25) is 5.02 Å². The summed E-state index contributed by atoms with van der Waals surface area (Å²) in [6, 6.07) is 8.00. The van der Waals surface area contributed by atoms with Crippen LogP contribution in [0.3, 0.4) is 0 Å². The van der Waals surface area contributed by atoms with Crippen LogP contribution in [0.4, 0.5) is 5.69 Å². The van der Waals surface area contributed by atoms with Gasteiger partial charge in [0.15, 0.2) is 11.9 Å². The monoisotopic (exact) mass is 334 g/mol. The lowest BCUT2D eigenvalue weighted by molar-refractivity contribution is -0.123. The number of benzene rings is 1. The van der Waals surface area contributed by atoms with Crippen LogP contribution in [-0.4, -0.2) is 28.7 Å². The molecule has 0 fully saturated rings. The van der Waals surface area contributed by atoms with Crippen LogP contribution in [0.5, 0.6) is 0 Å². The van der Waals surface area contributed by atoms with Crippen LogP contribution >= 0.6 is 11.6 Å². The first-order chi connectivity index (χ1) is 10.9. The van der Waals surface area contributed by atoms with Crippen molar-refractivity contribution in [2.24, 2.45) is 0 Å². The molecule has 2 rings (SSSR count). The maximum Gasteiger partial charge on any atom is 0.355 e. The van der Waals surface area contributed by atoms with Crippen LogP contribution in [-0.2, 0) is 9.53 Å². The molecule has 7 heteroatoms.